The summed E-state index contributed by atoms with van der Waals surface area (Å²) in [5.41, 5.74) is 1.22. The zero-order valence-electron chi connectivity index (χ0n) is 19.5. The van der Waals surface area contributed by atoms with Gasteiger partial charge >= 0.3 is 12.3 Å². The van der Waals surface area contributed by atoms with Crippen LogP contribution in [0, 0.1) is 5.82 Å². The monoisotopic (exact) mass is 487 g/mol. The Hall–Kier alpha value is -3.62. The lowest BCUT2D eigenvalue weighted by molar-refractivity contribution is -0.0886. The first-order valence-electron chi connectivity index (χ1n) is 11.1. The third kappa shape index (κ3) is 5.72. The van der Waals surface area contributed by atoms with E-state index >= 15 is 0 Å². The maximum Gasteiger partial charge on any atom is 0.416 e. The van der Waals surface area contributed by atoms with E-state index in [1.807, 2.05) is 0 Å². The van der Waals surface area contributed by atoms with Gasteiger partial charge in [0.05, 0.1) is 29.5 Å². The van der Waals surface area contributed by atoms with E-state index in [0.29, 0.717) is 16.8 Å². The van der Waals surface area contributed by atoms with Gasteiger partial charge in [-0.05, 0) is 57.0 Å². The highest BCUT2D eigenvalue weighted by Crippen LogP contribution is 2.36. The predicted octanol–water partition coefficient (Wildman–Crippen LogP) is 6.95. The van der Waals surface area contributed by atoms with Crippen LogP contribution < -0.4 is 4.90 Å². The quantitative estimate of drug-likeness (QED) is 0.374. The minimum atomic E-state index is -4.38. The van der Waals surface area contributed by atoms with Gasteiger partial charge in [0.1, 0.15) is 11.4 Å². The average molecular weight is 487 g/mol. The van der Waals surface area contributed by atoms with Gasteiger partial charge in [0.2, 0.25) is 0 Å². The van der Waals surface area contributed by atoms with E-state index < -0.39 is 23.4 Å². The number of allylic oxidation sites excluding steroid dienone is 4. The van der Waals surface area contributed by atoms with Crippen molar-refractivity contribution in [1.29, 1.82) is 0 Å². The Kier molecular flexibility index (Phi) is 6.44. The van der Waals surface area contributed by atoms with Gasteiger partial charge in [-0.1, -0.05) is 30.4 Å². The van der Waals surface area contributed by atoms with E-state index in [-0.39, 0.29) is 24.7 Å². The van der Waals surface area contributed by atoms with Crippen LogP contribution in [-0.2, 0) is 11.3 Å². The molecule has 1 atom stereocenters. The Morgan fingerprint density at radius 2 is 1.89 bits per heavy atom. The summed E-state index contributed by atoms with van der Waals surface area (Å²) < 4.78 is 59.6. The summed E-state index contributed by atoms with van der Waals surface area (Å²) in [6, 6.07) is 9.28. The summed E-state index contributed by atoms with van der Waals surface area (Å²) in [4.78, 5) is 14.5. The van der Waals surface area contributed by atoms with Gasteiger partial charge < -0.3 is 4.74 Å². The SMILES string of the molecule is CC(C)(C)OC(=O)N(Cc1ccc(F)cc1)c1ccn2ncc(C3C=CC(C(F)(F)F)=CC3)c2c1. The molecule has 1 unspecified atom stereocenters. The number of alkyl halides is 3. The molecule has 1 amide bonds. The lowest BCUT2D eigenvalue weighted by Crippen LogP contribution is -2.36. The third-order valence-electron chi connectivity index (χ3n) is 5.54. The number of fused-ring (bicyclic) bond motifs is 1. The molecule has 0 fully saturated rings. The topological polar surface area (TPSA) is 46.8 Å². The van der Waals surface area contributed by atoms with E-state index in [4.69, 9.17) is 4.74 Å². The van der Waals surface area contributed by atoms with Crippen molar-refractivity contribution in [2.45, 2.75) is 51.4 Å². The molecule has 9 heteroatoms. The zero-order valence-corrected chi connectivity index (χ0v) is 19.5. The van der Waals surface area contributed by atoms with Crippen molar-refractivity contribution in [2.75, 3.05) is 4.90 Å². The van der Waals surface area contributed by atoms with Crippen LogP contribution >= 0.6 is 0 Å². The molecule has 2 heterocycles. The van der Waals surface area contributed by atoms with Gasteiger partial charge in [-0.15, -0.1) is 0 Å². The van der Waals surface area contributed by atoms with E-state index in [1.54, 1.807) is 61.9 Å². The highest BCUT2D eigenvalue weighted by molar-refractivity contribution is 5.89. The first-order chi connectivity index (χ1) is 16.4. The number of benzene rings is 1. The van der Waals surface area contributed by atoms with Crippen LogP contribution in [0.1, 0.15) is 44.2 Å². The van der Waals surface area contributed by atoms with E-state index in [0.717, 1.165) is 11.6 Å². The fourth-order valence-corrected chi connectivity index (χ4v) is 3.85. The number of carbonyl (C=O) groups is 1. The number of hydrogen-bond donors (Lipinski definition) is 0. The van der Waals surface area contributed by atoms with Crippen LogP contribution in [-0.4, -0.2) is 27.5 Å². The fourth-order valence-electron chi connectivity index (χ4n) is 3.85. The van der Waals surface area contributed by atoms with Gasteiger partial charge in [0.25, 0.3) is 0 Å². The number of aromatic nitrogens is 2. The largest absolute Gasteiger partial charge is 0.443 e. The lowest BCUT2D eigenvalue weighted by Gasteiger charge is -2.28. The fraction of sp³-hybridized carbons (Fsp3) is 0.308. The molecule has 1 aliphatic carbocycles. The molecule has 0 aliphatic heterocycles. The number of halogens is 4. The van der Waals surface area contributed by atoms with Crippen LogP contribution in [0.15, 0.2) is 72.6 Å². The Bertz CT molecular complexity index is 1280. The number of ether oxygens (including phenoxy) is 1. The van der Waals surface area contributed by atoms with E-state index in [2.05, 4.69) is 5.10 Å². The lowest BCUT2D eigenvalue weighted by atomic mass is 9.90. The van der Waals surface area contributed by atoms with Crippen LogP contribution in [0.3, 0.4) is 0 Å². The first kappa shape index (κ1) is 24.5. The van der Waals surface area contributed by atoms with Crippen molar-refractivity contribution in [2.24, 2.45) is 0 Å². The number of anilines is 1. The molecule has 0 spiro atoms. The summed E-state index contributed by atoms with van der Waals surface area (Å²) in [5.74, 6) is -0.674. The molecule has 0 saturated carbocycles. The van der Waals surface area contributed by atoms with Crippen LogP contribution in [0.4, 0.5) is 28.0 Å². The number of amides is 1. The van der Waals surface area contributed by atoms with Gasteiger partial charge in [0, 0.05) is 17.7 Å². The van der Waals surface area contributed by atoms with Crippen molar-refractivity contribution >= 4 is 17.3 Å². The highest BCUT2D eigenvalue weighted by Gasteiger charge is 2.33. The number of hydrogen-bond acceptors (Lipinski definition) is 3. The minimum absolute atomic E-state index is 0.135. The predicted molar refractivity (Wildman–Crippen MR) is 125 cm³/mol. The zero-order chi connectivity index (χ0) is 25.4. The molecule has 0 N–H and O–H groups in total. The summed E-state index contributed by atoms with van der Waals surface area (Å²) in [7, 11) is 0. The average Bonchev–Trinajstić information content (AvgIpc) is 3.20. The van der Waals surface area contributed by atoms with E-state index in [9.17, 15) is 22.4 Å². The second-order valence-corrected chi connectivity index (χ2v) is 9.37. The molecule has 0 saturated heterocycles. The molecule has 35 heavy (non-hydrogen) atoms. The minimum Gasteiger partial charge on any atom is -0.443 e. The Balaban J connectivity index is 1.68. The maximum absolute atomic E-state index is 13.4. The number of nitrogens with zero attached hydrogens (tertiary/aromatic N) is 3. The number of carbonyl (C=O) groups excluding carboxylic acids is 1. The summed E-state index contributed by atoms with van der Waals surface area (Å²) >= 11 is 0. The first-order valence-corrected chi connectivity index (χ1v) is 11.1. The number of pyridine rings is 1. The molecular formula is C26H25F4N3O2. The molecule has 5 nitrogen and oxygen atoms in total. The van der Waals surface area contributed by atoms with Crippen molar-refractivity contribution in [3.63, 3.8) is 0 Å². The van der Waals surface area contributed by atoms with Crippen molar-refractivity contribution < 1.29 is 27.1 Å². The van der Waals surface area contributed by atoms with Crippen LogP contribution in [0.25, 0.3) is 5.52 Å². The summed E-state index contributed by atoms with van der Waals surface area (Å²) in [6.45, 7) is 5.42. The van der Waals surface area contributed by atoms with Gasteiger partial charge in [-0.25, -0.2) is 13.7 Å². The van der Waals surface area contributed by atoms with E-state index in [1.165, 1.54) is 29.2 Å². The van der Waals surface area contributed by atoms with Crippen molar-refractivity contribution in [3.8, 4) is 0 Å². The molecule has 1 aromatic carbocycles. The smallest absolute Gasteiger partial charge is 0.416 e. The molecule has 0 bridgehead atoms. The highest BCUT2D eigenvalue weighted by atomic mass is 19.4. The van der Waals surface area contributed by atoms with Gasteiger partial charge in [-0.3, -0.25) is 4.90 Å². The van der Waals surface area contributed by atoms with Crippen LogP contribution in [0.5, 0.6) is 0 Å². The molecule has 4 rings (SSSR count). The molecule has 2 aromatic heterocycles. The molecule has 184 valence electrons. The van der Waals surface area contributed by atoms with Crippen molar-refractivity contribution in [1.82, 2.24) is 9.61 Å². The molecule has 3 aromatic rings. The number of rotatable bonds is 4. The second kappa shape index (κ2) is 9.20. The summed E-state index contributed by atoms with van der Waals surface area (Å²) in [6.07, 6.45) is 2.31. The Morgan fingerprint density at radius 3 is 2.49 bits per heavy atom. The van der Waals surface area contributed by atoms with Crippen molar-refractivity contribution in [3.05, 3.63) is 89.5 Å². The van der Waals surface area contributed by atoms with Gasteiger partial charge in [-0.2, -0.15) is 18.3 Å². The molecular weight excluding hydrogens is 462 g/mol. The summed E-state index contributed by atoms with van der Waals surface area (Å²) in [5, 5.41) is 4.32. The maximum atomic E-state index is 13.4. The Morgan fingerprint density at radius 1 is 1.17 bits per heavy atom. The normalized spacial score (nSPS) is 16.3. The van der Waals surface area contributed by atoms with Gasteiger partial charge in [0.15, 0.2) is 0 Å². The third-order valence-corrected chi connectivity index (χ3v) is 5.54. The standard InChI is InChI=1S/C26H25F4N3O2/c1-25(2,3)35-24(34)32(16-17-4-10-20(27)11-5-17)21-12-13-33-23(14-21)22(15-31-33)18-6-8-19(9-7-18)26(28,29)30/h4-6,8-15,18H,7,16H2,1-3H3. The molecule has 0 radical (unpaired) electrons. The Labute approximate surface area is 200 Å². The van der Waals surface area contributed by atoms with Crippen LogP contribution in [0.2, 0.25) is 0 Å². The second-order valence-electron chi connectivity index (χ2n) is 9.37. The molecule has 1 aliphatic rings.